The van der Waals surface area contributed by atoms with Gasteiger partial charge in [0.2, 0.25) is 5.91 Å². The number of nitrogens with two attached hydrogens (primary N) is 1. The molecule has 5 N–H and O–H groups in total. The quantitative estimate of drug-likeness (QED) is 0.229. The zero-order chi connectivity index (χ0) is 26.8. The molecule has 3 amide bonds. The standard InChI is InChI=1S/C26H29N3O7S/c1-2-12-35-25(33)28-21(24(31)32)11-13-37-15-22(23(27)30)29-26(34)36-14-20-18-9-5-3-7-16(18)17-8-4-6-10-19(17)20/h2-10,20-22H,1,11-15H2,(H2,27,30)(H,28,33)(H,29,34)(H,31,32)/t21-,22-/m0/s1. The molecule has 0 radical (unpaired) electrons. The van der Waals surface area contributed by atoms with Gasteiger partial charge in [0.25, 0.3) is 0 Å². The number of alkyl carbamates (subject to hydrolysis) is 2. The summed E-state index contributed by atoms with van der Waals surface area (Å²) in [5, 5.41) is 14.0. The molecule has 196 valence electrons. The molecule has 1 aliphatic carbocycles. The van der Waals surface area contributed by atoms with Gasteiger partial charge >= 0.3 is 18.2 Å². The predicted molar refractivity (Wildman–Crippen MR) is 139 cm³/mol. The Hall–Kier alpha value is -3.99. The minimum atomic E-state index is -1.22. The fourth-order valence-corrected chi connectivity index (χ4v) is 5.01. The average molecular weight is 528 g/mol. The molecule has 2 aromatic carbocycles. The molecule has 2 atom stereocenters. The average Bonchev–Trinajstić information content (AvgIpc) is 3.20. The van der Waals surface area contributed by atoms with Crippen LogP contribution in [-0.2, 0) is 19.1 Å². The number of primary amides is 1. The highest BCUT2D eigenvalue weighted by Crippen LogP contribution is 2.44. The zero-order valence-electron chi connectivity index (χ0n) is 20.1. The van der Waals surface area contributed by atoms with Crippen molar-refractivity contribution in [2.24, 2.45) is 5.73 Å². The summed E-state index contributed by atoms with van der Waals surface area (Å²) >= 11 is 1.20. The van der Waals surface area contributed by atoms with E-state index < -0.39 is 36.1 Å². The summed E-state index contributed by atoms with van der Waals surface area (Å²) < 4.78 is 10.2. The Balaban J connectivity index is 1.48. The molecule has 0 aromatic heterocycles. The number of ether oxygens (including phenoxy) is 2. The minimum absolute atomic E-state index is 0.0469. The normalized spacial score (nSPS) is 13.4. The van der Waals surface area contributed by atoms with Gasteiger partial charge in [0.1, 0.15) is 25.3 Å². The van der Waals surface area contributed by atoms with Crippen LogP contribution in [-0.4, -0.2) is 66.0 Å². The Morgan fingerprint density at radius 2 is 1.54 bits per heavy atom. The molecule has 10 nitrogen and oxygen atoms in total. The van der Waals surface area contributed by atoms with Crippen LogP contribution in [0.5, 0.6) is 0 Å². The van der Waals surface area contributed by atoms with E-state index in [2.05, 4.69) is 17.2 Å². The molecule has 0 fully saturated rings. The van der Waals surface area contributed by atoms with Crippen LogP contribution in [0.15, 0.2) is 61.2 Å². The second-order valence-corrected chi connectivity index (χ2v) is 9.36. The number of fused-ring (bicyclic) bond motifs is 3. The van der Waals surface area contributed by atoms with E-state index in [4.69, 9.17) is 15.2 Å². The van der Waals surface area contributed by atoms with Gasteiger partial charge in [-0.2, -0.15) is 11.8 Å². The highest BCUT2D eigenvalue weighted by atomic mass is 32.2. The molecule has 0 spiro atoms. The van der Waals surface area contributed by atoms with Gasteiger partial charge in [0, 0.05) is 11.7 Å². The summed E-state index contributed by atoms with van der Waals surface area (Å²) in [6.07, 6.45) is -0.219. The predicted octanol–water partition coefficient (Wildman–Crippen LogP) is 2.87. The van der Waals surface area contributed by atoms with Crippen molar-refractivity contribution in [3.8, 4) is 11.1 Å². The second kappa shape index (κ2) is 13.4. The van der Waals surface area contributed by atoms with Crippen molar-refractivity contribution < 1.29 is 33.8 Å². The number of rotatable bonds is 13. The molecular formula is C26H29N3O7S. The smallest absolute Gasteiger partial charge is 0.408 e. The zero-order valence-corrected chi connectivity index (χ0v) is 20.9. The van der Waals surface area contributed by atoms with E-state index in [0.717, 1.165) is 22.3 Å². The van der Waals surface area contributed by atoms with E-state index >= 15 is 0 Å². The maximum atomic E-state index is 12.5. The summed E-state index contributed by atoms with van der Waals surface area (Å²) in [5.41, 5.74) is 9.76. The number of thioether (sulfide) groups is 1. The van der Waals surface area contributed by atoms with Gasteiger partial charge in [-0.15, -0.1) is 0 Å². The second-order valence-electron chi connectivity index (χ2n) is 8.21. The van der Waals surface area contributed by atoms with Crippen LogP contribution in [0.1, 0.15) is 23.5 Å². The number of hydrogen-bond acceptors (Lipinski definition) is 7. The lowest BCUT2D eigenvalue weighted by Crippen LogP contribution is -2.46. The largest absolute Gasteiger partial charge is 0.480 e. The molecule has 0 unspecified atom stereocenters. The molecule has 0 heterocycles. The number of carbonyl (C=O) groups is 4. The van der Waals surface area contributed by atoms with Crippen molar-refractivity contribution in [2.45, 2.75) is 24.4 Å². The topological polar surface area (TPSA) is 157 Å². The van der Waals surface area contributed by atoms with Gasteiger partial charge in [-0.05, 0) is 34.4 Å². The highest BCUT2D eigenvalue weighted by molar-refractivity contribution is 7.99. The van der Waals surface area contributed by atoms with Crippen molar-refractivity contribution in [3.05, 3.63) is 72.3 Å². The Morgan fingerprint density at radius 3 is 2.11 bits per heavy atom. The maximum absolute atomic E-state index is 12.5. The van der Waals surface area contributed by atoms with Crippen LogP contribution in [0.2, 0.25) is 0 Å². The van der Waals surface area contributed by atoms with Crippen LogP contribution < -0.4 is 16.4 Å². The molecule has 0 saturated heterocycles. The van der Waals surface area contributed by atoms with E-state index in [1.165, 1.54) is 17.8 Å². The lowest BCUT2D eigenvalue weighted by Gasteiger charge is -2.18. The molecule has 2 aromatic rings. The van der Waals surface area contributed by atoms with Gasteiger partial charge in [-0.25, -0.2) is 14.4 Å². The molecule has 0 bridgehead atoms. The molecule has 37 heavy (non-hydrogen) atoms. The number of benzene rings is 2. The van der Waals surface area contributed by atoms with Crippen LogP contribution in [0.4, 0.5) is 9.59 Å². The summed E-state index contributed by atoms with van der Waals surface area (Å²) in [5.74, 6) is -1.72. The third-order valence-corrected chi connectivity index (χ3v) is 6.83. The molecule has 11 heteroatoms. The fraction of sp³-hybridized carbons (Fsp3) is 0.308. The van der Waals surface area contributed by atoms with Crippen molar-refractivity contribution in [1.29, 1.82) is 0 Å². The number of carboxylic acids is 1. The molecule has 1 aliphatic rings. The number of aliphatic carboxylic acids is 1. The number of carbonyl (C=O) groups excluding carboxylic acids is 3. The minimum Gasteiger partial charge on any atom is -0.480 e. The molecule has 0 aliphatic heterocycles. The number of carboxylic acid groups (broad SMARTS) is 1. The van der Waals surface area contributed by atoms with E-state index in [1.54, 1.807) is 0 Å². The monoisotopic (exact) mass is 527 g/mol. The number of hydrogen-bond donors (Lipinski definition) is 4. The molecule has 0 saturated carbocycles. The first-order valence-electron chi connectivity index (χ1n) is 11.6. The van der Waals surface area contributed by atoms with E-state index in [9.17, 15) is 24.3 Å². The SMILES string of the molecule is C=CCOC(=O)N[C@@H](CCSC[C@H](NC(=O)OCC1c2ccccc2-c2ccccc21)C(N)=O)C(=O)O. The van der Waals surface area contributed by atoms with E-state index in [-0.39, 0.29) is 37.1 Å². The number of nitrogens with one attached hydrogen (secondary N) is 2. The van der Waals surface area contributed by atoms with Crippen molar-refractivity contribution in [3.63, 3.8) is 0 Å². The Labute approximate surface area is 218 Å². The third kappa shape index (κ3) is 7.50. The summed E-state index contributed by atoms with van der Waals surface area (Å²) in [6.45, 7) is 3.45. The lowest BCUT2D eigenvalue weighted by molar-refractivity contribution is -0.139. The fourth-order valence-electron chi connectivity index (χ4n) is 3.96. The summed E-state index contributed by atoms with van der Waals surface area (Å²) in [6, 6.07) is 13.7. The summed E-state index contributed by atoms with van der Waals surface area (Å²) in [7, 11) is 0. The van der Waals surface area contributed by atoms with Gasteiger partial charge in [0.15, 0.2) is 0 Å². The lowest BCUT2D eigenvalue weighted by atomic mass is 9.98. The van der Waals surface area contributed by atoms with Crippen LogP contribution in [0.25, 0.3) is 11.1 Å². The van der Waals surface area contributed by atoms with E-state index in [1.807, 2.05) is 48.5 Å². The Bertz CT molecular complexity index is 1110. The Kier molecular flexibility index (Phi) is 9.96. The maximum Gasteiger partial charge on any atom is 0.408 e. The summed E-state index contributed by atoms with van der Waals surface area (Å²) in [4.78, 5) is 47.3. The highest BCUT2D eigenvalue weighted by Gasteiger charge is 2.29. The van der Waals surface area contributed by atoms with Crippen LogP contribution >= 0.6 is 11.8 Å². The van der Waals surface area contributed by atoms with Gasteiger partial charge in [-0.1, -0.05) is 61.2 Å². The first kappa shape index (κ1) is 27.6. The first-order valence-corrected chi connectivity index (χ1v) is 12.7. The Morgan fingerprint density at radius 1 is 0.973 bits per heavy atom. The van der Waals surface area contributed by atoms with Crippen LogP contribution in [0.3, 0.4) is 0 Å². The van der Waals surface area contributed by atoms with Gasteiger partial charge in [0.05, 0.1) is 0 Å². The van der Waals surface area contributed by atoms with Gasteiger partial charge in [-0.3, -0.25) is 4.79 Å². The van der Waals surface area contributed by atoms with Crippen molar-refractivity contribution in [2.75, 3.05) is 24.7 Å². The van der Waals surface area contributed by atoms with Crippen molar-refractivity contribution in [1.82, 2.24) is 10.6 Å². The van der Waals surface area contributed by atoms with Crippen LogP contribution in [0, 0.1) is 0 Å². The van der Waals surface area contributed by atoms with Crippen molar-refractivity contribution >= 4 is 35.8 Å². The van der Waals surface area contributed by atoms with Gasteiger partial charge < -0.3 is 30.9 Å². The molecule has 3 rings (SSSR count). The first-order chi connectivity index (χ1) is 17.8. The van der Waals surface area contributed by atoms with E-state index in [0.29, 0.717) is 0 Å². The molecular weight excluding hydrogens is 498 g/mol. The third-order valence-electron chi connectivity index (χ3n) is 5.74. The number of amides is 3.